The van der Waals surface area contributed by atoms with Crippen LogP contribution in [0.1, 0.15) is 0 Å². The zero-order valence-electron chi connectivity index (χ0n) is 3.43. The van der Waals surface area contributed by atoms with E-state index in [9.17, 15) is 0 Å². The Hall–Kier alpha value is -0.147. The molecule has 0 aromatic carbocycles. The first-order chi connectivity index (χ1) is 1.73. The van der Waals surface area contributed by atoms with Gasteiger partial charge >= 0.3 is 0 Å². The maximum absolute atomic E-state index is 8.33. The van der Waals surface area contributed by atoms with E-state index in [2.05, 4.69) is 0 Å². The van der Waals surface area contributed by atoms with Gasteiger partial charge in [-0.05, 0) is 6.16 Å². The Morgan fingerprint density at radius 3 is 1.33 bits per heavy atom. The summed E-state index contributed by atoms with van der Waals surface area (Å²) in [6, 6.07) is 0. The fraction of sp³-hybridized carbons (Fsp3) is 0. The van der Waals surface area contributed by atoms with E-state index in [1.807, 2.05) is 0 Å². The van der Waals surface area contributed by atoms with Gasteiger partial charge in [-0.1, -0.05) is 0 Å². The summed E-state index contributed by atoms with van der Waals surface area (Å²) in [5, 5.41) is 16.7. The SMILES string of the molecule is O=C([O-])[O-].[NH4+].[Zn]. The van der Waals surface area contributed by atoms with Crippen molar-refractivity contribution in [1.82, 2.24) is 6.15 Å². The number of carbonyl (C=O) groups excluding carboxylic acids is 1. The van der Waals surface area contributed by atoms with Gasteiger partial charge in [0.1, 0.15) is 0 Å². The number of hydrogen-bond acceptors (Lipinski definition) is 3. The molecule has 0 saturated carbocycles. The van der Waals surface area contributed by atoms with E-state index in [1.54, 1.807) is 0 Å². The molecule has 0 unspecified atom stereocenters. The minimum absolute atomic E-state index is 0. The topological polar surface area (TPSA) is 99.7 Å². The molecule has 0 heterocycles. The Kier molecular flexibility index (Phi) is 25.0. The van der Waals surface area contributed by atoms with Gasteiger partial charge in [0, 0.05) is 19.5 Å². The molecular formula is CH4NO3Zn-. The summed E-state index contributed by atoms with van der Waals surface area (Å²) < 4.78 is 0. The molecule has 4 nitrogen and oxygen atoms in total. The van der Waals surface area contributed by atoms with Gasteiger partial charge in [0.25, 0.3) is 0 Å². The Balaban J connectivity index is -0.0000000450. The fourth-order valence-corrected chi connectivity index (χ4v) is 0. The van der Waals surface area contributed by atoms with Gasteiger partial charge in [-0.15, -0.1) is 0 Å². The molecular weight excluding hydrogens is 139 g/mol. The molecule has 0 aromatic heterocycles. The van der Waals surface area contributed by atoms with Crippen LogP contribution < -0.4 is 16.4 Å². The Bertz CT molecular complexity index is 33.8. The van der Waals surface area contributed by atoms with Crippen LogP contribution in [-0.4, -0.2) is 6.16 Å². The summed E-state index contributed by atoms with van der Waals surface area (Å²) in [5.74, 6) is 0. The van der Waals surface area contributed by atoms with Gasteiger partial charge < -0.3 is 21.2 Å². The van der Waals surface area contributed by atoms with Crippen LogP contribution in [0.4, 0.5) is 4.79 Å². The number of carboxylic acid groups (broad SMARTS) is 2. The first kappa shape index (κ1) is 16.9. The van der Waals surface area contributed by atoms with Gasteiger partial charge in [-0.25, -0.2) is 0 Å². The summed E-state index contributed by atoms with van der Waals surface area (Å²) in [6.07, 6.45) is -2.33. The molecule has 0 rings (SSSR count). The maximum Gasteiger partial charge on any atom is 0 e. The van der Waals surface area contributed by atoms with Gasteiger partial charge in [-0.2, -0.15) is 0 Å². The summed E-state index contributed by atoms with van der Waals surface area (Å²) in [4.78, 5) is 8.33. The summed E-state index contributed by atoms with van der Waals surface area (Å²) in [6.45, 7) is 0. The standard InChI is InChI=1S/CH2O3.H3N.Zn/c2-1(3)4;;/h(H2,2,3,4);1H3;/p-1. The Labute approximate surface area is 47.5 Å². The zero-order chi connectivity index (χ0) is 3.58. The molecule has 0 aliphatic carbocycles. The van der Waals surface area contributed by atoms with Crippen molar-refractivity contribution in [3.05, 3.63) is 0 Å². The van der Waals surface area contributed by atoms with E-state index in [1.165, 1.54) is 0 Å². The molecule has 0 atom stereocenters. The van der Waals surface area contributed by atoms with E-state index < -0.39 is 6.16 Å². The first-order valence-electron chi connectivity index (χ1n) is 0.612. The van der Waals surface area contributed by atoms with Crippen LogP contribution in [0.5, 0.6) is 0 Å². The van der Waals surface area contributed by atoms with Crippen molar-refractivity contribution in [2.45, 2.75) is 0 Å². The van der Waals surface area contributed by atoms with E-state index in [4.69, 9.17) is 15.0 Å². The second-order valence-electron chi connectivity index (χ2n) is 0.250. The number of hydrogen-bond donors (Lipinski definition) is 1. The van der Waals surface area contributed by atoms with Gasteiger partial charge in [0.2, 0.25) is 0 Å². The van der Waals surface area contributed by atoms with E-state index in [0.29, 0.717) is 0 Å². The minimum atomic E-state index is -2.33. The second kappa shape index (κ2) is 8.85. The van der Waals surface area contributed by atoms with Crippen molar-refractivity contribution >= 4 is 6.16 Å². The normalized spacial score (nSPS) is 4.00. The van der Waals surface area contributed by atoms with Gasteiger partial charge in [0.15, 0.2) is 0 Å². The Morgan fingerprint density at radius 2 is 1.33 bits per heavy atom. The van der Waals surface area contributed by atoms with Crippen molar-refractivity contribution in [3.63, 3.8) is 0 Å². The molecule has 0 spiro atoms. The van der Waals surface area contributed by atoms with E-state index in [0.717, 1.165) is 0 Å². The predicted octanol–water partition coefficient (Wildman–Crippen LogP) is -2.07. The number of rotatable bonds is 0. The summed E-state index contributed by atoms with van der Waals surface area (Å²) >= 11 is 0. The minimum Gasteiger partial charge on any atom is -0.652 e. The van der Waals surface area contributed by atoms with Crippen molar-refractivity contribution in [1.29, 1.82) is 0 Å². The molecule has 0 aliphatic heterocycles. The zero-order valence-corrected chi connectivity index (χ0v) is 6.40. The van der Waals surface area contributed by atoms with Crippen LogP contribution in [0.2, 0.25) is 0 Å². The average molecular weight is 143 g/mol. The quantitative estimate of drug-likeness (QED) is 0.394. The van der Waals surface area contributed by atoms with Crippen molar-refractivity contribution in [2.24, 2.45) is 0 Å². The molecule has 0 fully saturated rings. The van der Waals surface area contributed by atoms with Crippen molar-refractivity contribution < 1.29 is 34.5 Å². The first-order valence-corrected chi connectivity index (χ1v) is 0.612. The molecule has 0 radical (unpaired) electrons. The molecule has 34 valence electrons. The summed E-state index contributed by atoms with van der Waals surface area (Å²) in [7, 11) is 0. The third-order valence-electron chi connectivity index (χ3n) is 0. The van der Waals surface area contributed by atoms with Crippen LogP contribution in [-0.2, 0) is 19.5 Å². The maximum atomic E-state index is 8.33. The molecule has 5 heteroatoms. The molecule has 0 bridgehead atoms. The average Bonchev–Trinajstić information content (AvgIpc) is 0.811. The van der Waals surface area contributed by atoms with Crippen LogP contribution in [0.3, 0.4) is 0 Å². The second-order valence-corrected chi connectivity index (χ2v) is 0.250. The van der Waals surface area contributed by atoms with Gasteiger partial charge in [-0.3, -0.25) is 0 Å². The molecule has 0 aromatic rings. The smallest absolute Gasteiger partial charge is 0 e. The van der Waals surface area contributed by atoms with Crippen LogP contribution >= 0.6 is 0 Å². The molecule has 0 saturated heterocycles. The molecule has 0 amide bonds. The predicted molar refractivity (Wildman–Crippen MR) is 11.4 cm³/mol. The third kappa shape index (κ3) is 1460. The van der Waals surface area contributed by atoms with E-state index >= 15 is 0 Å². The van der Waals surface area contributed by atoms with Crippen LogP contribution in [0.15, 0.2) is 0 Å². The molecule has 0 aliphatic rings. The van der Waals surface area contributed by atoms with Crippen molar-refractivity contribution in [3.8, 4) is 0 Å². The number of quaternary nitrogens is 1. The largest absolute Gasteiger partial charge is 0.652 e. The summed E-state index contributed by atoms with van der Waals surface area (Å²) in [5.41, 5.74) is 0. The third-order valence-corrected chi connectivity index (χ3v) is 0. The van der Waals surface area contributed by atoms with Crippen LogP contribution in [0, 0.1) is 0 Å². The van der Waals surface area contributed by atoms with Crippen molar-refractivity contribution in [2.75, 3.05) is 0 Å². The van der Waals surface area contributed by atoms with E-state index in [-0.39, 0.29) is 25.6 Å². The fourth-order valence-electron chi connectivity index (χ4n) is 0. The molecule has 6 heavy (non-hydrogen) atoms. The Morgan fingerprint density at radius 1 is 1.33 bits per heavy atom. The number of carbonyl (C=O) groups is 1. The monoisotopic (exact) mass is 142 g/mol. The van der Waals surface area contributed by atoms with Gasteiger partial charge in [0.05, 0.1) is 0 Å². The molecule has 4 N–H and O–H groups in total. The van der Waals surface area contributed by atoms with Crippen LogP contribution in [0.25, 0.3) is 0 Å².